The Morgan fingerprint density at radius 2 is 1.91 bits per heavy atom. The Balaban J connectivity index is 2.97. The van der Waals surface area contributed by atoms with Crippen LogP contribution in [0.25, 0.3) is 0 Å². The van der Waals surface area contributed by atoms with Crippen LogP contribution in [0.4, 0.5) is 0 Å². The highest BCUT2D eigenvalue weighted by Gasteiger charge is 1.87. The minimum atomic E-state index is 0.271. The highest BCUT2D eigenvalue weighted by Crippen LogP contribution is 2.07. The maximum atomic E-state index is 8.73. The second-order valence-electron chi connectivity index (χ2n) is 2.73. The van der Waals surface area contributed by atoms with Gasteiger partial charge >= 0.3 is 0 Å². The molecule has 0 aromatic carbocycles. The molecule has 0 fully saturated rings. The Morgan fingerprint density at radius 3 is 2.45 bits per heavy atom. The predicted octanol–water partition coefficient (Wildman–Crippen LogP) is 4.14. The van der Waals surface area contributed by atoms with Crippen molar-refractivity contribution in [3.63, 3.8) is 0 Å². The van der Waals surface area contributed by atoms with E-state index in [1.807, 2.05) is 6.08 Å². The molecular weight excluding hydrogens is 204 g/mol. The molecule has 0 saturated carbocycles. The topological polar surface area (TPSA) is 20.2 Å². The smallest absolute Gasteiger partial charge is 0.154 e. The van der Waals surface area contributed by atoms with Crippen molar-refractivity contribution in [1.82, 2.24) is 0 Å². The Hall–Kier alpha value is 0.0200. The monoisotopic (exact) mass is 220 g/mol. The number of aliphatic hydroxyl groups excluding tert-OH is 1. The molecule has 0 aliphatic rings. The van der Waals surface area contributed by atoms with E-state index in [9.17, 15) is 0 Å². The summed E-state index contributed by atoms with van der Waals surface area (Å²) in [5.74, 6) is 0. The molecule has 1 N–H and O–H groups in total. The SMILES string of the molecule is CCCCCCCC=C(O)Br. The zero-order chi connectivity index (χ0) is 8.53. The summed E-state index contributed by atoms with van der Waals surface area (Å²) in [5, 5.41) is 8.73. The molecule has 0 radical (unpaired) electrons. The van der Waals surface area contributed by atoms with Gasteiger partial charge in [0, 0.05) is 0 Å². The molecule has 2 heteroatoms. The first-order valence-electron chi connectivity index (χ1n) is 4.32. The van der Waals surface area contributed by atoms with Crippen molar-refractivity contribution >= 4 is 15.9 Å². The summed E-state index contributed by atoms with van der Waals surface area (Å²) >= 11 is 2.97. The average molecular weight is 221 g/mol. The number of unbranched alkanes of at least 4 members (excludes halogenated alkanes) is 5. The van der Waals surface area contributed by atoms with Gasteiger partial charge in [0.2, 0.25) is 0 Å². The molecule has 0 bridgehead atoms. The summed E-state index contributed by atoms with van der Waals surface area (Å²) in [4.78, 5) is 0. The minimum absolute atomic E-state index is 0.271. The van der Waals surface area contributed by atoms with E-state index in [1.54, 1.807) is 0 Å². The van der Waals surface area contributed by atoms with E-state index < -0.39 is 0 Å². The van der Waals surface area contributed by atoms with Crippen LogP contribution in [0.1, 0.15) is 45.4 Å². The quantitative estimate of drug-likeness (QED) is 0.527. The number of rotatable bonds is 6. The largest absolute Gasteiger partial charge is 0.502 e. The second kappa shape index (κ2) is 8.12. The van der Waals surface area contributed by atoms with Crippen molar-refractivity contribution < 1.29 is 5.11 Å². The van der Waals surface area contributed by atoms with Gasteiger partial charge in [-0.2, -0.15) is 0 Å². The van der Waals surface area contributed by atoms with E-state index >= 15 is 0 Å². The van der Waals surface area contributed by atoms with Crippen LogP contribution in [0.2, 0.25) is 0 Å². The maximum absolute atomic E-state index is 8.73. The summed E-state index contributed by atoms with van der Waals surface area (Å²) in [6.07, 6.45) is 9.23. The van der Waals surface area contributed by atoms with Gasteiger partial charge in [0.1, 0.15) is 0 Å². The molecule has 0 spiro atoms. The number of halogens is 1. The first-order chi connectivity index (χ1) is 5.27. The van der Waals surface area contributed by atoms with Crippen LogP contribution < -0.4 is 0 Å². The molecule has 0 aliphatic heterocycles. The lowest BCUT2D eigenvalue weighted by Crippen LogP contribution is -1.76. The molecule has 0 atom stereocenters. The Morgan fingerprint density at radius 1 is 1.27 bits per heavy atom. The van der Waals surface area contributed by atoms with Gasteiger partial charge in [-0.05, 0) is 34.8 Å². The molecule has 0 saturated heterocycles. The standard InChI is InChI=1S/C9H17BrO/c1-2-3-4-5-6-7-8-9(10)11/h8,11H,2-7H2,1H3. The van der Waals surface area contributed by atoms with Gasteiger partial charge in [0.25, 0.3) is 0 Å². The molecule has 66 valence electrons. The van der Waals surface area contributed by atoms with Crippen molar-refractivity contribution in [2.24, 2.45) is 0 Å². The number of hydrogen-bond acceptors (Lipinski definition) is 1. The van der Waals surface area contributed by atoms with Crippen molar-refractivity contribution in [2.75, 3.05) is 0 Å². The average Bonchev–Trinajstić information content (AvgIpc) is 1.96. The fourth-order valence-electron chi connectivity index (χ4n) is 0.969. The molecule has 0 rings (SSSR count). The van der Waals surface area contributed by atoms with Crippen molar-refractivity contribution in [2.45, 2.75) is 45.4 Å². The molecule has 0 aromatic heterocycles. The zero-order valence-corrected chi connectivity index (χ0v) is 8.73. The second-order valence-corrected chi connectivity index (χ2v) is 3.54. The van der Waals surface area contributed by atoms with Crippen molar-refractivity contribution in [1.29, 1.82) is 0 Å². The third kappa shape index (κ3) is 10.0. The fraction of sp³-hybridized carbons (Fsp3) is 0.778. The van der Waals surface area contributed by atoms with Crippen LogP contribution in [-0.4, -0.2) is 5.11 Å². The molecule has 1 nitrogen and oxygen atoms in total. The van der Waals surface area contributed by atoms with E-state index in [0.717, 1.165) is 6.42 Å². The van der Waals surface area contributed by atoms with Gasteiger partial charge in [-0.1, -0.05) is 32.6 Å². The van der Waals surface area contributed by atoms with Gasteiger partial charge in [0.15, 0.2) is 4.67 Å². The molecule has 0 heterocycles. The first kappa shape index (κ1) is 11.0. The van der Waals surface area contributed by atoms with Gasteiger partial charge in [-0.25, -0.2) is 0 Å². The summed E-state index contributed by atoms with van der Waals surface area (Å²) < 4.78 is 0.271. The summed E-state index contributed by atoms with van der Waals surface area (Å²) in [7, 11) is 0. The van der Waals surface area contributed by atoms with E-state index in [1.165, 1.54) is 32.1 Å². The molecule has 0 aromatic rings. The maximum Gasteiger partial charge on any atom is 0.154 e. The fourth-order valence-corrected chi connectivity index (χ4v) is 1.20. The van der Waals surface area contributed by atoms with Crippen LogP contribution in [0.5, 0.6) is 0 Å². The van der Waals surface area contributed by atoms with E-state index in [0.29, 0.717) is 0 Å². The van der Waals surface area contributed by atoms with Crippen LogP contribution in [0, 0.1) is 0 Å². The summed E-state index contributed by atoms with van der Waals surface area (Å²) in [5.41, 5.74) is 0. The van der Waals surface area contributed by atoms with Crippen LogP contribution in [-0.2, 0) is 0 Å². The number of hydrogen-bond donors (Lipinski definition) is 1. The van der Waals surface area contributed by atoms with Gasteiger partial charge < -0.3 is 5.11 Å². The Labute approximate surface area is 77.6 Å². The third-order valence-electron chi connectivity index (χ3n) is 1.62. The molecule has 0 amide bonds. The first-order valence-corrected chi connectivity index (χ1v) is 5.11. The highest BCUT2D eigenvalue weighted by molar-refractivity contribution is 9.11. The van der Waals surface area contributed by atoms with Crippen LogP contribution in [0.3, 0.4) is 0 Å². The Kier molecular flexibility index (Phi) is 8.13. The van der Waals surface area contributed by atoms with Gasteiger partial charge in [-0.15, -0.1) is 0 Å². The Bertz CT molecular complexity index is 106. The van der Waals surface area contributed by atoms with E-state index in [2.05, 4.69) is 22.9 Å². The number of allylic oxidation sites excluding steroid dienone is 1. The molecule has 11 heavy (non-hydrogen) atoms. The van der Waals surface area contributed by atoms with Gasteiger partial charge in [-0.3, -0.25) is 0 Å². The summed E-state index contributed by atoms with van der Waals surface area (Å²) in [6.45, 7) is 2.21. The summed E-state index contributed by atoms with van der Waals surface area (Å²) in [6, 6.07) is 0. The lowest BCUT2D eigenvalue weighted by Gasteiger charge is -1.95. The van der Waals surface area contributed by atoms with E-state index in [-0.39, 0.29) is 4.67 Å². The van der Waals surface area contributed by atoms with E-state index in [4.69, 9.17) is 5.11 Å². The lowest BCUT2D eigenvalue weighted by molar-refractivity contribution is 0.456. The highest BCUT2D eigenvalue weighted by atomic mass is 79.9. The molecule has 0 aliphatic carbocycles. The lowest BCUT2D eigenvalue weighted by atomic mass is 10.1. The van der Waals surface area contributed by atoms with Crippen LogP contribution >= 0.6 is 15.9 Å². The zero-order valence-electron chi connectivity index (χ0n) is 7.15. The van der Waals surface area contributed by atoms with Crippen molar-refractivity contribution in [3.05, 3.63) is 10.7 Å². The molecular formula is C9H17BrO. The minimum Gasteiger partial charge on any atom is -0.502 e. The predicted molar refractivity (Wildman–Crippen MR) is 53.0 cm³/mol. The third-order valence-corrected chi connectivity index (χ3v) is 1.94. The molecule has 0 unspecified atom stereocenters. The van der Waals surface area contributed by atoms with Crippen molar-refractivity contribution in [3.8, 4) is 0 Å². The number of aliphatic hydroxyl groups is 1. The normalized spacial score (nSPS) is 12.0. The van der Waals surface area contributed by atoms with Gasteiger partial charge in [0.05, 0.1) is 0 Å². The van der Waals surface area contributed by atoms with Crippen LogP contribution in [0.15, 0.2) is 10.7 Å².